The Bertz CT molecular complexity index is 696. The SMILES string of the molecule is CNCc1csc(S(=O)(=O)N(C)Cc2ccc(Br)cc2)c1. The Balaban J connectivity index is 2.15. The lowest BCUT2D eigenvalue weighted by molar-refractivity contribution is 0.468. The summed E-state index contributed by atoms with van der Waals surface area (Å²) in [7, 11) is 0.0124. The van der Waals surface area contributed by atoms with Crippen molar-refractivity contribution in [2.24, 2.45) is 0 Å². The second-order valence-corrected chi connectivity index (χ2v) is 8.79. The molecule has 0 spiro atoms. The molecule has 1 aromatic carbocycles. The van der Waals surface area contributed by atoms with Crippen LogP contribution in [0.3, 0.4) is 0 Å². The van der Waals surface area contributed by atoms with Crippen LogP contribution in [0.5, 0.6) is 0 Å². The normalized spacial score (nSPS) is 12.0. The zero-order valence-electron chi connectivity index (χ0n) is 11.8. The van der Waals surface area contributed by atoms with Crippen LogP contribution in [0.15, 0.2) is 44.4 Å². The Kier molecular flexibility index (Phi) is 5.56. The topological polar surface area (TPSA) is 49.4 Å². The van der Waals surface area contributed by atoms with Crippen LogP contribution >= 0.6 is 27.3 Å². The molecule has 0 aliphatic heterocycles. The van der Waals surface area contributed by atoms with Gasteiger partial charge >= 0.3 is 0 Å². The monoisotopic (exact) mass is 388 g/mol. The van der Waals surface area contributed by atoms with Crippen LogP contribution in [0.4, 0.5) is 0 Å². The molecule has 21 heavy (non-hydrogen) atoms. The van der Waals surface area contributed by atoms with Crippen LogP contribution < -0.4 is 5.32 Å². The Labute approximate surface area is 138 Å². The third-order valence-corrected chi connectivity index (χ3v) is 6.79. The minimum atomic E-state index is -3.43. The van der Waals surface area contributed by atoms with Crippen molar-refractivity contribution in [3.63, 3.8) is 0 Å². The average Bonchev–Trinajstić information content (AvgIpc) is 2.91. The van der Waals surface area contributed by atoms with E-state index < -0.39 is 10.0 Å². The van der Waals surface area contributed by atoms with Crippen molar-refractivity contribution in [1.82, 2.24) is 9.62 Å². The summed E-state index contributed by atoms with van der Waals surface area (Å²) in [5.41, 5.74) is 1.94. The highest BCUT2D eigenvalue weighted by atomic mass is 79.9. The minimum Gasteiger partial charge on any atom is -0.316 e. The second kappa shape index (κ2) is 7.02. The summed E-state index contributed by atoms with van der Waals surface area (Å²) < 4.78 is 27.8. The first-order valence-electron chi connectivity index (χ1n) is 6.36. The molecule has 0 bridgehead atoms. The van der Waals surface area contributed by atoms with Gasteiger partial charge in [-0.05, 0) is 41.8 Å². The quantitative estimate of drug-likeness (QED) is 0.826. The molecule has 0 saturated carbocycles. The molecule has 0 saturated heterocycles. The fraction of sp³-hybridized carbons (Fsp3) is 0.286. The molecule has 1 N–H and O–H groups in total. The van der Waals surface area contributed by atoms with E-state index in [1.54, 1.807) is 13.1 Å². The maximum Gasteiger partial charge on any atom is 0.252 e. The maximum absolute atomic E-state index is 12.5. The van der Waals surface area contributed by atoms with Gasteiger partial charge in [0.2, 0.25) is 0 Å². The standard InChI is InChI=1S/C14H17BrN2O2S2/c1-16-8-12-7-14(20-10-12)21(18,19)17(2)9-11-3-5-13(15)6-4-11/h3-7,10,16H,8-9H2,1-2H3. The van der Waals surface area contributed by atoms with E-state index in [0.717, 1.165) is 15.6 Å². The molecule has 0 unspecified atom stereocenters. The summed E-state index contributed by atoms with van der Waals surface area (Å²) in [5.74, 6) is 0. The van der Waals surface area contributed by atoms with E-state index in [9.17, 15) is 8.42 Å². The molecule has 0 fully saturated rings. The maximum atomic E-state index is 12.5. The van der Waals surface area contributed by atoms with Crippen molar-refractivity contribution in [2.75, 3.05) is 14.1 Å². The summed E-state index contributed by atoms with van der Waals surface area (Å²) in [4.78, 5) is 0. The van der Waals surface area contributed by atoms with E-state index in [-0.39, 0.29) is 0 Å². The van der Waals surface area contributed by atoms with Crippen LogP contribution in [-0.4, -0.2) is 26.8 Å². The zero-order valence-corrected chi connectivity index (χ0v) is 15.1. The molecule has 4 nitrogen and oxygen atoms in total. The van der Waals surface area contributed by atoms with Gasteiger partial charge in [0.15, 0.2) is 0 Å². The smallest absolute Gasteiger partial charge is 0.252 e. The number of nitrogens with zero attached hydrogens (tertiary/aromatic N) is 1. The molecule has 1 aromatic heterocycles. The molecule has 0 amide bonds. The number of benzene rings is 1. The summed E-state index contributed by atoms with van der Waals surface area (Å²) in [6.45, 7) is 1.03. The van der Waals surface area contributed by atoms with Crippen molar-refractivity contribution >= 4 is 37.3 Å². The van der Waals surface area contributed by atoms with Crippen LogP contribution in [-0.2, 0) is 23.1 Å². The van der Waals surface area contributed by atoms with E-state index in [1.165, 1.54) is 15.6 Å². The zero-order chi connectivity index (χ0) is 15.5. The molecule has 0 aliphatic rings. The predicted molar refractivity (Wildman–Crippen MR) is 89.9 cm³/mol. The van der Waals surface area contributed by atoms with Crippen molar-refractivity contribution in [1.29, 1.82) is 0 Å². The van der Waals surface area contributed by atoms with Gasteiger partial charge in [-0.2, -0.15) is 4.31 Å². The first kappa shape index (κ1) is 16.6. The van der Waals surface area contributed by atoms with Crippen molar-refractivity contribution in [2.45, 2.75) is 17.3 Å². The predicted octanol–water partition coefficient (Wildman–Crippen LogP) is 3.05. The third kappa shape index (κ3) is 4.14. The molecular weight excluding hydrogens is 372 g/mol. The van der Waals surface area contributed by atoms with Crippen LogP contribution in [0.25, 0.3) is 0 Å². The lowest BCUT2D eigenvalue weighted by Crippen LogP contribution is -2.25. The van der Waals surface area contributed by atoms with Gasteiger partial charge in [0.1, 0.15) is 4.21 Å². The van der Waals surface area contributed by atoms with Crippen molar-refractivity contribution in [3.8, 4) is 0 Å². The molecule has 0 radical (unpaired) electrons. The first-order valence-corrected chi connectivity index (χ1v) is 9.47. The number of hydrogen-bond donors (Lipinski definition) is 1. The van der Waals surface area contributed by atoms with E-state index in [0.29, 0.717) is 17.3 Å². The average molecular weight is 389 g/mol. The van der Waals surface area contributed by atoms with E-state index in [4.69, 9.17) is 0 Å². The van der Waals surface area contributed by atoms with Crippen LogP contribution in [0, 0.1) is 0 Å². The molecule has 2 rings (SSSR count). The summed E-state index contributed by atoms with van der Waals surface area (Å²) >= 11 is 4.63. The number of rotatable bonds is 6. The van der Waals surface area contributed by atoms with Gasteiger partial charge in [0.25, 0.3) is 10.0 Å². The van der Waals surface area contributed by atoms with Gasteiger partial charge in [0.05, 0.1) is 0 Å². The van der Waals surface area contributed by atoms with Gasteiger partial charge < -0.3 is 5.32 Å². The Hall–Kier alpha value is -0.730. The summed E-state index contributed by atoms with van der Waals surface area (Å²) in [6.07, 6.45) is 0. The van der Waals surface area contributed by atoms with E-state index in [1.807, 2.05) is 36.7 Å². The van der Waals surface area contributed by atoms with Gasteiger partial charge in [-0.25, -0.2) is 8.42 Å². The van der Waals surface area contributed by atoms with Gasteiger partial charge in [-0.3, -0.25) is 0 Å². The summed E-state index contributed by atoms with van der Waals surface area (Å²) in [6, 6.07) is 9.38. The van der Waals surface area contributed by atoms with Crippen molar-refractivity contribution in [3.05, 3.63) is 51.3 Å². The molecule has 0 aliphatic carbocycles. The lowest BCUT2D eigenvalue weighted by Gasteiger charge is -2.16. The molecule has 2 aromatic rings. The number of thiophene rings is 1. The number of hydrogen-bond acceptors (Lipinski definition) is 4. The molecule has 1 heterocycles. The van der Waals surface area contributed by atoms with Gasteiger partial charge in [0, 0.05) is 24.6 Å². The summed E-state index contributed by atoms with van der Waals surface area (Å²) in [5, 5.41) is 4.89. The Morgan fingerprint density at radius 1 is 1.24 bits per heavy atom. The molecule has 0 atom stereocenters. The highest BCUT2D eigenvalue weighted by Crippen LogP contribution is 2.24. The van der Waals surface area contributed by atoms with E-state index in [2.05, 4.69) is 21.2 Å². The largest absolute Gasteiger partial charge is 0.316 e. The Morgan fingerprint density at radius 2 is 1.90 bits per heavy atom. The fourth-order valence-corrected chi connectivity index (χ4v) is 4.71. The van der Waals surface area contributed by atoms with E-state index >= 15 is 0 Å². The molecular formula is C14H17BrN2O2S2. The number of halogens is 1. The number of sulfonamides is 1. The lowest BCUT2D eigenvalue weighted by atomic mass is 10.2. The van der Waals surface area contributed by atoms with Crippen molar-refractivity contribution < 1.29 is 8.42 Å². The second-order valence-electron chi connectivity index (χ2n) is 4.69. The van der Waals surface area contributed by atoms with Gasteiger partial charge in [-0.15, -0.1) is 11.3 Å². The highest BCUT2D eigenvalue weighted by molar-refractivity contribution is 9.10. The van der Waals surface area contributed by atoms with Gasteiger partial charge in [-0.1, -0.05) is 28.1 Å². The number of nitrogens with one attached hydrogen (secondary N) is 1. The Morgan fingerprint density at radius 3 is 2.52 bits per heavy atom. The van der Waals surface area contributed by atoms with Crippen LogP contribution in [0.2, 0.25) is 0 Å². The molecule has 7 heteroatoms. The fourth-order valence-electron chi connectivity index (χ4n) is 1.87. The first-order chi connectivity index (χ1) is 9.93. The minimum absolute atomic E-state index is 0.356. The third-order valence-electron chi connectivity index (χ3n) is 2.99. The highest BCUT2D eigenvalue weighted by Gasteiger charge is 2.22. The molecule has 114 valence electrons. The van der Waals surface area contributed by atoms with Crippen LogP contribution in [0.1, 0.15) is 11.1 Å².